The van der Waals surface area contributed by atoms with Gasteiger partial charge < -0.3 is 9.84 Å². The van der Waals surface area contributed by atoms with E-state index in [0.717, 1.165) is 41.5 Å². The van der Waals surface area contributed by atoms with E-state index < -0.39 is 0 Å². The molecular formula is C11H13N3OS. The molecule has 4 nitrogen and oxygen atoms in total. The van der Waals surface area contributed by atoms with Gasteiger partial charge in [0.1, 0.15) is 10.8 Å². The minimum Gasteiger partial charge on any atom is -0.361 e. The van der Waals surface area contributed by atoms with Crippen LogP contribution in [0, 0.1) is 13.8 Å². The number of aryl methyl sites for hydroxylation is 2. The average Bonchev–Trinajstić information content (AvgIpc) is 2.82. The van der Waals surface area contributed by atoms with E-state index in [4.69, 9.17) is 9.51 Å². The van der Waals surface area contributed by atoms with Crippen molar-refractivity contribution in [3.63, 3.8) is 0 Å². The maximum atomic E-state index is 5.18. The van der Waals surface area contributed by atoms with Crippen LogP contribution >= 0.6 is 11.3 Å². The molecule has 2 aromatic heterocycles. The highest BCUT2D eigenvalue weighted by atomic mass is 32.1. The molecule has 0 aromatic carbocycles. The number of rotatable bonds is 1. The van der Waals surface area contributed by atoms with Crippen molar-refractivity contribution in [1.29, 1.82) is 0 Å². The van der Waals surface area contributed by atoms with E-state index in [0.29, 0.717) is 0 Å². The smallest absolute Gasteiger partial charge is 0.144 e. The molecule has 2 aromatic rings. The number of nitrogens with one attached hydrogen (secondary N) is 1. The number of nitrogens with zero attached hydrogens (tertiary/aromatic N) is 2. The molecule has 0 saturated heterocycles. The molecular weight excluding hydrogens is 222 g/mol. The molecule has 1 aliphatic rings. The van der Waals surface area contributed by atoms with Crippen molar-refractivity contribution in [1.82, 2.24) is 15.5 Å². The monoisotopic (exact) mass is 235 g/mol. The highest BCUT2D eigenvalue weighted by Gasteiger charge is 2.20. The van der Waals surface area contributed by atoms with Crippen LogP contribution in [0.5, 0.6) is 0 Å². The Morgan fingerprint density at radius 1 is 1.38 bits per heavy atom. The van der Waals surface area contributed by atoms with Gasteiger partial charge in [0.25, 0.3) is 0 Å². The number of aromatic nitrogens is 2. The molecule has 0 spiro atoms. The average molecular weight is 235 g/mol. The van der Waals surface area contributed by atoms with Gasteiger partial charge in [-0.05, 0) is 13.8 Å². The number of thiazole rings is 1. The maximum Gasteiger partial charge on any atom is 0.144 e. The van der Waals surface area contributed by atoms with E-state index in [1.807, 2.05) is 13.8 Å². The van der Waals surface area contributed by atoms with Gasteiger partial charge >= 0.3 is 0 Å². The first-order chi connectivity index (χ1) is 7.75. The molecule has 3 heterocycles. The van der Waals surface area contributed by atoms with E-state index in [9.17, 15) is 0 Å². The molecule has 1 N–H and O–H groups in total. The molecule has 0 aliphatic carbocycles. The summed E-state index contributed by atoms with van der Waals surface area (Å²) in [7, 11) is 0. The molecule has 0 fully saturated rings. The fourth-order valence-corrected chi connectivity index (χ4v) is 3.24. The first-order valence-corrected chi connectivity index (χ1v) is 6.20. The lowest BCUT2D eigenvalue weighted by Crippen LogP contribution is -2.22. The minimum absolute atomic E-state index is 0.858. The fraction of sp³-hybridized carbons (Fsp3) is 0.455. The predicted molar refractivity (Wildman–Crippen MR) is 62.5 cm³/mol. The van der Waals surface area contributed by atoms with Crippen molar-refractivity contribution in [3.05, 3.63) is 22.0 Å². The summed E-state index contributed by atoms with van der Waals surface area (Å²) in [4.78, 5) is 6.04. The third kappa shape index (κ3) is 1.47. The van der Waals surface area contributed by atoms with Gasteiger partial charge in [-0.25, -0.2) is 4.98 Å². The number of hydrogen-bond acceptors (Lipinski definition) is 5. The van der Waals surface area contributed by atoms with Gasteiger partial charge in [0.15, 0.2) is 0 Å². The quantitative estimate of drug-likeness (QED) is 0.822. The molecule has 0 amide bonds. The molecule has 5 heteroatoms. The molecule has 0 saturated carbocycles. The lowest BCUT2D eigenvalue weighted by atomic mass is 10.2. The topological polar surface area (TPSA) is 51.0 Å². The Morgan fingerprint density at radius 3 is 2.94 bits per heavy atom. The van der Waals surface area contributed by atoms with Crippen molar-refractivity contribution >= 4 is 11.3 Å². The van der Waals surface area contributed by atoms with Gasteiger partial charge in [-0.1, -0.05) is 5.16 Å². The predicted octanol–water partition coefficient (Wildman–Crippen LogP) is 2.06. The van der Waals surface area contributed by atoms with Crippen molar-refractivity contribution in [2.45, 2.75) is 26.8 Å². The van der Waals surface area contributed by atoms with E-state index >= 15 is 0 Å². The summed E-state index contributed by atoms with van der Waals surface area (Å²) >= 11 is 1.75. The molecule has 0 bridgehead atoms. The van der Waals surface area contributed by atoms with Crippen LogP contribution < -0.4 is 5.32 Å². The Morgan fingerprint density at radius 2 is 2.25 bits per heavy atom. The van der Waals surface area contributed by atoms with Gasteiger partial charge in [0.2, 0.25) is 0 Å². The van der Waals surface area contributed by atoms with Gasteiger partial charge in [-0.15, -0.1) is 11.3 Å². The second kappa shape index (κ2) is 3.68. The Kier molecular flexibility index (Phi) is 2.29. The summed E-state index contributed by atoms with van der Waals surface area (Å²) in [6, 6.07) is 0. The SMILES string of the molecule is Cc1noc(C)c1-c1nc2c(s1)CNCC2. The van der Waals surface area contributed by atoms with Crippen LogP contribution in [-0.2, 0) is 13.0 Å². The zero-order valence-electron chi connectivity index (χ0n) is 9.33. The number of fused-ring (bicyclic) bond motifs is 1. The van der Waals surface area contributed by atoms with Gasteiger partial charge in [-0.2, -0.15) is 0 Å². The zero-order valence-corrected chi connectivity index (χ0v) is 10.1. The van der Waals surface area contributed by atoms with E-state index in [1.165, 1.54) is 10.6 Å². The van der Waals surface area contributed by atoms with Crippen LogP contribution in [0.4, 0.5) is 0 Å². The number of hydrogen-bond donors (Lipinski definition) is 1. The minimum atomic E-state index is 0.858. The van der Waals surface area contributed by atoms with Crippen LogP contribution in [-0.4, -0.2) is 16.7 Å². The highest BCUT2D eigenvalue weighted by Crippen LogP contribution is 2.33. The summed E-state index contributed by atoms with van der Waals surface area (Å²) in [5.41, 5.74) is 3.23. The van der Waals surface area contributed by atoms with Gasteiger partial charge in [-0.3, -0.25) is 0 Å². The molecule has 0 radical (unpaired) electrons. The normalized spacial score (nSPS) is 15.1. The van der Waals surface area contributed by atoms with E-state index in [2.05, 4.69) is 10.5 Å². The second-order valence-corrected chi connectivity index (χ2v) is 5.10. The molecule has 0 unspecified atom stereocenters. The Hall–Kier alpha value is -1.20. The van der Waals surface area contributed by atoms with Crippen LogP contribution in [0.3, 0.4) is 0 Å². The fourth-order valence-electron chi connectivity index (χ4n) is 2.02. The largest absolute Gasteiger partial charge is 0.361 e. The standard InChI is InChI=1S/C11H13N3OS/c1-6-10(7(2)15-14-6)11-13-8-3-4-12-5-9(8)16-11/h12H,3-5H2,1-2H3. The lowest BCUT2D eigenvalue weighted by Gasteiger charge is -2.09. The summed E-state index contributed by atoms with van der Waals surface area (Å²) in [6.45, 7) is 5.87. The molecule has 16 heavy (non-hydrogen) atoms. The molecule has 84 valence electrons. The summed E-state index contributed by atoms with van der Waals surface area (Å²) < 4.78 is 5.18. The van der Waals surface area contributed by atoms with Crippen molar-refractivity contribution in [2.75, 3.05) is 6.54 Å². The molecule has 0 atom stereocenters. The maximum absolute atomic E-state index is 5.18. The van der Waals surface area contributed by atoms with Crippen molar-refractivity contribution < 1.29 is 4.52 Å². The van der Waals surface area contributed by atoms with Crippen LogP contribution in [0.1, 0.15) is 22.0 Å². The van der Waals surface area contributed by atoms with Gasteiger partial charge in [0, 0.05) is 24.4 Å². The van der Waals surface area contributed by atoms with Crippen LogP contribution in [0.25, 0.3) is 10.6 Å². The second-order valence-electron chi connectivity index (χ2n) is 4.01. The highest BCUT2D eigenvalue weighted by molar-refractivity contribution is 7.15. The van der Waals surface area contributed by atoms with E-state index in [1.54, 1.807) is 11.3 Å². The third-order valence-corrected chi connectivity index (χ3v) is 3.96. The third-order valence-electron chi connectivity index (χ3n) is 2.85. The summed E-state index contributed by atoms with van der Waals surface area (Å²) in [5, 5.41) is 8.38. The first kappa shape index (κ1) is 9.99. The Labute approximate surface area is 97.7 Å². The van der Waals surface area contributed by atoms with Gasteiger partial charge in [0.05, 0.1) is 17.0 Å². The molecule has 3 rings (SSSR count). The van der Waals surface area contributed by atoms with Crippen LogP contribution in [0.15, 0.2) is 4.52 Å². The first-order valence-electron chi connectivity index (χ1n) is 5.38. The Bertz CT molecular complexity index is 486. The zero-order chi connectivity index (χ0) is 11.1. The van der Waals surface area contributed by atoms with E-state index in [-0.39, 0.29) is 0 Å². The summed E-state index contributed by atoms with van der Waals surface area (Å²) in [5.74, 6) is 0.858. The van der Waals surface area contributed by atoms with Crippen LogP contribution in [0.2, 0.25) is 0 Å². The summed E-state index contributed by atoms with van der Waals surface area (Å²) in [6.07, 6.45) is 1.02. The Balaban J connectivity index is 2.10. The van der Waals surface area contributed by atoms with Crippen molar-refractivity contribution in [3.8, 4) is 10.6 Å². The lowest BCUT2D eigenvalue weighted by molar-refractivity contribution is 0.393. The molecule has 1 aliphatic heterocycles. The van der Waals surface area contributed by atoms with Crippen molar-refractivity contribution in [2.24, 2.45) is 0 Å².